The van der Waals surface area contributed by atoms with Gasteiger partial charge in [0.1, 0.15) is 12.6 Å². The van der Waals surface area contributed by atoms with Gasteiger partial charge in [-0.25, -0.2) is 13.1 Å². The molecule has 4 unspecified atom stereocenters. The maximum absolute atomic E-state index is 11.7. The number of ether oxygens (including phenoxy) is 1. The van der Waals surface area contributed by atoms with Crippen molar-refractivity contribution >= 4 is 34.5 Å². The largest absolute Gasteiger partial charge is 0.458 e. The Hall–Kier alpha value is -1.06. The van der Waals surface area contributed by atoms with Gasteiger partial charge in [0.25, 0.3) is 0 Å². The molecule has 1 amide bonds. The minimum absolute atomic E-state index is 0.117. The van der Waals surface area contributed by atoms with Gasteiger partial charge in [-0.1, -0.05) is 6.58 Å². The fraction of sp³-hybridized carbons (Fsp3) is 0.636. The van der Waals surface area contributed by atoms with Crippen molar-refractivity contribution in [1.29, 1.82) is 0 Å². The van der Waals surface area contributed by atoms with Crippen LogP contribution in [0.15, 0.2) is 12.7 Å². The maximum Gasteiger partial charge on any atom is 0.325 e. The Morgan fingerprint density at radius 2 is 2.05 bits per heavy atom. The van der Waals surface area contributed by atoms with E-state index in [0.29, 0.717) is 0 Å². The smallest absolute Gasteiger partial charge is 0.325 e. The number of nitrogens with one attached hydrogen (secondary N) is 2. The Morgan fingerprint density at radius 1 is 1.35 bits per heavy atom. The summed E-state index contributed by atoms with van der Waals surface area (Å²) in [5, 5.41) is 2.59. The first-order chi connectivity index (χ1) is 9.51. The van der Waals surface area contributed by atoms with Crippen LogP contribution in [0.25, 0.3) is 0 Å². The molecule has 0 aromatic rings. The van der Waals surface area contributed by atoms with Crippen LogP contribution in [0.1, 0.15) is 12.8 Å². The number of esters is 1. The number of amides is 1. The van der Waals surface area contributed by atoms with Gasteiger partial charge in [-0.2, -0.15) is 0 Å². The Kier molecular flexibility index (Phi) is 5.06. The van der Waals surface area contributed by atoms with Crippen molar-refractivity contribution in [2.24, 2.45) is 0 Å². The first-order valence-corrected chi connectivity index (χ1v) is 8.29. The molecule has 2 fully saturated rings. The molecule has 20 heavy (non-hydrogen) atoms. The summed E-state index contributed by atoms with van der Waals surface area (Å²) in [5.74, 6) is -1.03. The first kappa shape index (κ1) is 15.3. The van der Waals surface area contributed by atoms with E-state index in [4.69, 9.17) is 4.74 Å². The summed E-state index contributed by atoms with van der Waals surface area (Å²) in [5.41, 5.74) is 0. The Balaban J connectivity index is 1.91. The summed E-state index contributed by atoms with van der Waals surface area (Å²) in [6.07, 6.45) is 2.41. The molecule has 2 bridgehead atoms. The molecule has 112 valence electrons. The summed E-state index contributed by atoms with van der Waals surface area (Å²) in [6.45, 7) is 3.02. The van der Waals surface area contributed by atoms with Crippen molar-refractivity contribution in [3.63, 3.8) is 0 Å². The van der Waals surface area contributed by atoms with E-state index >= 15 is 0 Å². The molecule has 7 nitrogen and oxygen atoms in total. The average Bonchev–Trinajstić information content (AvgIpc) is 2.98. The lowest BCUT2D eigenvalue weighted by molar-refractivity contribution is -0.150. The van der Waals surface area contributed by atoms with Gasteiger partial charge in [-0.05, 0) is 18.9 Å². The number of carbonyl (C=O) groups is 2. The number of carbonyl (C=O) groups excluding carboxylic acids is 2. The van der Waals surface area contributed by atoms with E-state index in [9.17, 15) is 18.0 Å². The van der Waals surface area contributed by atoms with Crippen LogP contribution < -0.4 is 10.0 Å². The lowest BCUT2D eigenvalue weighted by Crippen LogP contribution is -2.49. The number of rotatable bonds is 6. The van der Waals surface area contributed by atoms with E-state index in [0.717, 1.165) is 18.9 Å². The summed E-state index contributed by atoms with van der Waals surface area (Å²) < 4.78 is 29.4. The zero-order chi connectivity index (χ0) is 14.7. The van der Waals surface area contributed by atoms with Crippen molar-refractivity contribution in [3.8, 4) is 0 Å². The molecule has 2 saturated heterocycles. The second-order valence-corrected chi connectivity index (χ2v) is 6.83. The Labute approximate surface area is 122 Å². The highest BCUT2D eigenvalue weighted by Gasteiger charge is 2.50. The van der Waals surface area contributed by atoms with E-state index in [1.807, 2.05) is 0 Å². The lowest BCUT2D eigenvalue weighted by Gasteiger charge is -2.28. The fourth-order valence-corrected chi connectivity index (χ4v) is 4.93. The van der Waals surface area contributed by atoms with Gasteiger partial charge < -0.3 is 10.1 Å². The molecule has 4 atom stereocenters. The first-order valence-electron chi connectivity index (χ1n) is 6.17. The lowest BCUT2D eigenvalue weighted by atomic mass is 9.93. The molecular weight excluding hydrogens is 304 g/mol. The van der Waals surface area contributed by atoms with Crippen LogP contribution in [-0.2, 0) is 25.2 Å². The molecule has 2 N–H and O–H groups in total. The normalized spacial score (nSPS) is 31.2. The van der Waals surface area contributed by atoms with Crippen LogP contribution >= 0.6 is 11.8 Å². The van der Waals surface area contributed by atoms with E-state index in [-0.39, 0.29) is 23.1 Å². The van der Waals surface area contributed by atoms with E-state index in [2.05, 4.69) is 16.6 Å². The highest BCUT2D eigenvalue weighted by molar-refractivity contribution is 8.01. The molecule has 0 aromatic carbocycles. The minimum Gasteiger partial charge on any atom is -0.458 e. The van der Waals surface area contributed by atoms with Gasteiger partial charge in [-0.3, -0.25) is 9.59 Å². The average molecular weight is 320 g/mol. The molecule has 9 heteroatoms. The molecule has 0 aliphatic carbocycles. The van der Waals surface area contributed by atoms with Crippen LogP contribution in [0.2, 0.25) is 0 Å². The van der Waals surface area contributed by atoms with Crippen LogP contribution in [0.4, 0.5) is 0 Å². The van der Waals surface area contributed by atoms with Gasteiger partial charge in [0, 0.05) is 10.5 Å². The van der Waals surface area contributed by atoms with Crippen LogP contribution in [0, 0.1) is 0 Å². The van der Waals surface area contributed by atoms with Gasteiger partial charge >= 0.3 is 5.97 Å². The number of hydrogen-bond donors (Lipinski definition) is 3. The molecule has 0 aromatic heterocycles. The predicted octanol–water partition coefficient (Wildman–Crippen LogP) is -1.04. The summed E-state index contributed by atoms with van der Waals surface area (Å²) in [4.78, 5) is 22.6. The molecule has 0 radical (unpaired) electrons. The fourth-order valence-electron chi connectivity index (χ4n) is 2.49. The van der Waals surface area contributed by atoms with Gasteiger partial charge in [0.2, 0.25) is 16.8 Å². The number of thioether (sulfide) groups is 1. The van der Waals surface area contributed by atoms with Crippen LogP contribution in [0.5, 0.6) is 0 Å². The summed E-state index contributed by atoms with van der Waals surface area (Å²) in [7, 11) is -2.73. The van der Waals surface area contributed by atoms with Crippen molar-refractivity contribution in [2.45, 2.75) is 35.5 Å². The zero-order valence-corrected chi connectivity index (χ0v) is 12.3. The third-order valence-corrected chi connectivity index (χ3v) is 5.56. The van der Waals surface area contributed by atoms with Gasteiger partial charge in [-0.15, -0.1) is 11.8 Å². The van der Waals surface area contributed by atoms with Crippen molar-refractivity contribution in [3.05, 3.63) is 12.7 Å². The highest BCUT2D eigenvalue weighted by atomic mass is 32.2. The molecule has 2 rings (SSSR count). The van der Waals surface area contributed by atoms with E-state index in [1.165, 1.54) is 0 Å². The van der Waals surface area contributed by atoms with Crippen LogP contribution in [-0.4, -0.2) is 49.5 Å². The summed E-state index contributed by atoms with van der Waals surface area (Å²) in [6, 6.07) is -0.376. The third-order valence-electron chi connectivity index (χ3n) is 3.32. The third kappa shape index (κ3) is 3.53. The summed E-state index contributed by atoms with van der Waals surface area (Å²) >= 11 is 1.65. The monoisotopic (exact) mass is 320 g/mol. The number of fused-ring (bicyclic) bond motifs is 2. The number of thiol groups is 1. The second-order valence-electron chi connectivity index (χ2n) is 4.58. The second kappa shape index (κ2) is 6.59. The van der Waals surface area contributed by atoms with E-state index < -0.39 is 28.9 Å². The van der Waals surface area contributed by atoms with Crippen molar-refractivity contribution in [1.82, 2.24) is 10.0 Å². The van der Waals surface area contributed by atoms with E-state index in [1.54, 1.807) is 11.8 Å². The molecular formula is C11H16N2O5S2. The molecule has 0 spiro atoms. The standard InChI is InChI=1S/C11H16N2O5S2/c1-2-8(14)12-5-9(15)18-11-7-4-3-6(19-7)10(11)13-20(16)17/h2,6-7,10-11,20H,1,3-5H2,(H,12,14)(H,13,16,17). The Bertz CT molecular complexity index is 485. The zero-order valence-electron chi connectivity index (χ0n) is 10.6. The SMILES string of the molecule is C=CC(=O)NCC(=O)OC1C2CCC(S2)C1N[SH](=O)=O. The van der Waals surface area contributed by atoms with Crippen molar-refractivity contribution < 1.29 is 22.7 Å². The predicted molar refractivity (Wildman–Crippen MR) is 74.7 cm³/mol. The van der Waals surface area contributed by atoms with Gasteiger partial charge in [0.15, 0.2) is 0 Å². The quantitative estimate of drug-likeness (QED) is 0.328. The maximum atomic E-state index is 11.7. The Morgan fingerprint density at radius 3 is 2.70 bits per heavy atom. The molecule has 0 saturated carbocycles. The topological polar surface area (TPSA) is 102 Å². The van der Waals surface area contributed by atoms with Crippen LogP contribution in [0.3, 0.4) is 0 Å². The highest BCUT2D eigenvalue weighted by Crippen LogP contribution is 2.47. The van der Waals surface area contributed by atoms with Gasteiger partial charge in [0.05, 0.1) is 6.04 Å². The van der Waals surface area contributed by atoms with Crippen molar-refractivity contribution in [2.75, 3.05) is 6.54 Å². The molecule has 2 aliphatic heterocycles. The minimum atomic E-state index is -2.73. The molecule has 2 heterocycles. The number of hydrogen-bond acceptors (Lipinski definition) is 6. The molecule has 2 aliphatic rings.